The highest BCUT2D eigenvalue weighted by Gasteiger charge is 2.56. The minimum atomic E-state index is -0.209. The molecule has 0 saturated heterocycles. The van der Waals surface area contributed by atoms with Crippen molar-refractivity contribution in [3.05, 3.63) is 37.0 Å². The Morgan fingerprint density at radius 2 is 1.96 bits per heavy atom. The van der Waals surface area contributed by atoms with Crippen LogP contribution < -0.4 is 0 Å². The van der Waals surface area contributed by atoms with Crippen LogP contribution in [0.3, 0.4) is 0 Å². The van der Waals surface area contributed by atoms with Gasteiger partial charge in [-0.3, -0.25) is 4.79 Å². The summed E-state index contributed by atoms with van der Waals surface area (Å²) in [7, 11) is 0. The minimum Gasteiger partial charge on any atom is -0.294 e. The second-order valence-corrected chi connectivity index (χ2v) is 9.01. The fourth-order valence-electron chi connectivity index (χ4n) is 6.14. The van der Waals surface area contributed by atoms with Gasteiger partial charge in [-0.15, -0.1) is 6.58 Å². The largest absolute Gasteiger partial charge is 0.294 e. The topological polar surface area (TPSA) is 17.1 Å². The number of carbonyl (C=O) groups excluding carboxylic acids is 1. The molecule has 0 aromatic carbocycles. The van der Waals surface area contributed by atoms with Gasteiger partial charge < -0.3 is 0 Å². The van der Waals surface area contributed by atoms with Crippen molar-refractivity contribution < 1.29 is 4.79 Å². The van der Waals surface area contributed by atoms with Gasteiger partial charge in [-0.2, -0.15) is 0 Å². The Morgan fingerprint density at radius 1 is 1.22 bits per heavy atom. The molecule has 3 aliphatic carbocycles. The number of carbonyl (C=O) groups is 1. The van der Waals surface area contributed by atoms with E-state index in [0.717, 1.165) is 19.3 Å². The molecule has 1 nitrogen and oxygen atoms in total. The number of allylic oxidation sites excluding steroid dienone is 4. The highest BCUT2D eigenvalue weighted by molar-refractivity contribution is 5.94. The minimum absolute atomic E-state index is 0.205. The van der Waals surface area contributed by atoms with Crippen LogP contribution >= 0.6 is 0 Å². The van der Waals surface area contributed by atoms with Gasteiger partial charge in [0.1, 0.15) is 0 Å². The van der Waals surface area contributed by atoms with Gasteiger partial charge in [0, 0.05) is 5.41 Å². The molecular weight excluding hydrogens is 280 g/mol. The molecule has 3 aliphatic rings. The zero-order chi connectivity index (χ0) is 16.9. The number of fused-ring (bicyclic) bond motifs is 3. The maximum Gasteiger partial charge on any atom is 0.161 e. The molecule has 1 heteroatoms. The normalized spacial score (nSPS) is 46.1. The highest BCUT2D eigenvalue weighted by Crippen LogP contribution is 2.63. The van der Waals surface area contributed by atoms with E-state index >= 15 is 0 Å². The van der Waals surface area contributed by atoms with Gasteiger partial charge in [0.2, 0.25) is 0 Å². The van der Waals surface area contributed by atoms with Crippen molar-refractivity contribution in [3.8, 4) is 0 Å². The SMILES string of the molecule is C=CC(=O)[C@@]1(C)CCC[C@]2(C)C3=CC[C@@](C)(C=C)CC3CCC12. The average molecular weight is 312 g/mol. The van der Waals surface area contributed by atoms with E-state index < -0.39 is 0 Å². The van der Waals surface area contributed by atoms with Crippen LogP contribution in [0.5, 0.6) is 0 Å². The standard InChI is InChI=1S/C22H32O/c1-6-19(23)22(5)13-8-12-21(4)17-11-14-20(3,7-2)15-16(17)9-10-18(21)22/h6-7,11,16,18H,1-2,8-10,12-15H2,3-5H3/t16?,18?,20-,21-,22+/m1/s1. The first-order chi connectivity index (χ1) is 10.8. The molecule has 23 heavy (non-hydrogen) atoms. The third-order valence-corrected chi connectivity index (χ3v) is 7.58. The van der Waals surface area contributed by atoms with Crippen molar-refractivity contribution in [3.63, 3.8) is 0 Å². The van der Waals surface area contributed by atoms with E-state index in [2.05, 4.69) is 46.1 Å². The molecule has 0 radical (unpaired) electrons. The smallest absolute Gasteiger partial charge is 0.161 e. The molecular formula is C22H32O. The first-order valence-electron chi connectivity index (χ1n) is 9.30. The van der Waals surface area contributed by atoms with E-state index in [-0.39, 0.29) is 22.0 Å². The van der Waals surface area contributed by atoms with E-state index in [9.17, 15) is 4.79 Å². The van der Waals surface area contributed by atoms with Gasteiger partial charge in [-0.25, -0.2) is 0 Å². The summed E-state index contributed by atoms with van der Waals surface area (Å²) in [5.74, 6) is 1.43. The first kappa shape index (κ1) is 16.7. The average Bonchev–Trinajstić information content (AvgIpc) is 2.53. The van der Waals surface area contributed by atoms with Gasteiger partial charge in [-0.05, 0) is 67.3 Å². The van der Waals surface area contributed by atoms with Crippen LogP contribution in [0.2, 0.25) is 0 Å². The number of hydrogen-bond acceptors (Lipinski definition) is 1. The third kappa shape index (κ3) is 2.39. The summed E-state index contributed by atoms with van der Waals surface area (Å²) in [6.45, 7) is 14.8. The Hall–Kier alpha value is -1.11. The van der Waals surface area contributed by atoms with Gasteiger partial charge in [0.15, 0.2) is 5.78 Å². The maximum atomic E-state index is 12.6. The van der Waals surface area contributed by atoms with Crippen LogP contribution in [0.4, 0.5) is 0 Å². The molecule has 0 amide bonds. The molecule has 5 atom stereocenters. The van der Waals surface area contributed by atoms with Gasteiger partial charge in [0.05, 0.1) is 0 Å². The van der Waals surface area contributed by atoms with Crippen LogP contribution in [0.1, 0.15) is 65.7 Å². The van der Waals surface area contributed by atoms with Crippen LogP contribution in [-0.4, -0.2) is 5.78 Å². The van der Waals surface area contributed by atoms with E-state index in [1.165, 1.54) is 25.7 Å². The Labute approximate surface area is 141 Å². The van der Waals surface area contributed by atoms with Crippen molar-refractivity contribution in [1.82, 2.24) is 0 Å². The molecule has 2 saturated carbocycles. The lowest BCUT2D eigenvalue weighted by Crippen LogP contribution is -2.52. The molecule has 0 N–H and O–H groups in total. The zero-order valence-electron chi connectivity index (χ0n) is 15.2. The maximum absolute atomic E-state index is 12.6. The van der Waals surface area contributed by atoms with Crippen molar-refractivity contribution in [2.45, 2.75) is 65.7 Å². The quantitative estimate of drug-likeness (QED) is 0.470. The van der Waals surface area contributed by atoms with Crippen molar-refractivity contribution in [1.29, 1.82) is 0 Å². The number of hydrogen-bond donors (Lipinski definition) is 0. The zero-order valence-corrected chi connectivity index (χ0v) is 15.2. The van der Waals surface area contributed by atoms with Crippen LogP contribution in [-0.2, 0) is 4.79 Å². The predicted molar refractivity (Wildman–Crippen MR) is 97.1 cm³/mol. The van der Waals surface area contributed by atoms with Crippen LogP contribution in [0, 0.1) is 28.1 Å². The summed E-state index contributed by atoms with van der Waals surface area (Å²) in [5.41, 5.74) is 1.92. The Balaban J connectivity index is 2.00. The molecule has 0 bridgehead atoms. The lowest BCUT2D eigenvalue weighted by Gasteiger charge is -2.58. The summed E-state index contributed by atoms with van der Waals surface area (Å²) in [6, 6.07) is 0. The summed E-state index contributed by atoms with van der Waals surface area (Å²) in [5, 5.41) is 0. The summed E-state index contributed by atoms with van der Waals surface area (Å²) < 4.78 is 0. The van der Waals surface area contributed by atoms with Crippen LogP contribution in [0.15, 0.2) is 37.0 Å². The molecule has 0 aromatic heterocycles. The Morgan fingerprint density at radius 3 is 2.61 bits per heavy atom. The highest BCUT2D eigenvalue weighted by atomic mass is 16.1. The molecule has 126 valence electrons. The summed E-state index contributed by atoms with van der Waals surface area (Å²) in [6.07, 6.45) is 14.4. The second-order valence-electron chi connectivity index (χ2n) is 9.01. The predicted octanol–water partition coefficient (Wildman–Crippen LogP) is 5.88. The van der Waals surface area contributed by atoms with E-state index in [1.807, 2.05) is 0 Å². The third-order valence-electron chi connectivity index (χ3n) is 7.58. The Kier molecular flexibility index (Phi) is 3.98. The number of ketones is 1. The lowest BCUT2D eigenvalue weighted by atomic mass is 9.45. The molecule has 0 spiro atoms. The monoisotopic (exact) mass is 312 g/mol. The van der Waals surface area contributed by atoms with E-state index in [1.54, 1.807) is 11.6 Å². The summed E-state index contributed by atoms with van der Waals surface area (Å²) >= 11 is 0. The summed E-state index contributed by atoms with van der Waals surface area (Å²) in [4.78, 5) is 12.6. The lowest BCUT2D eigenvalue weighted by molar-refractivity contribution is -0.134. The van der Waals surface area contributed by atoms with Gasteiger partial charge >= 0.3 is 0 Å². The van der Waals surface area contributed by atoms with Crippen LogP contribution in [0.25, 0.3) is 0 Å². The number of rotatable bonds is 3. The molecule has 3 rings (SSSR count). The second kappa shape index (κ2) is 5.46. The molecule has 0 aromatic rings. The van der Waals surface area contributed by atoms with E-state index in [4.69, 9.17) is 0 Å². The molecule has 2 fully saturated rings. The molecule has 0 heterocycles. The van der Waals surface area contributed by atoms with Crippen molar-refractivity contribution >= 4 is 5.78 Å². The molecule has 0 aliphatic heterocycles. The first-order valence-corrected chi connectivity index (χ1v) is 9.30. The fraction of sp³-hybridized carbons (Fsp3) is 0.682. The van der Waals surface area contributed by atoms with E-state index in [0.29, 0.717) is 11.8 Å². The Bertz CT molecular complexity index is 571. The van der Waals surface area contributed by atoms with Gasteiger partial charge in [-0.1, -0.05) is 51.5 Å². The fourth-order valence-corrected chi connectivity index (χ4v) is 6.14. The van der Waals surface area contributed by atoms with Gasteiger partial charge in [0.25, 0.3) is 0 Å². The molecule has 2 unspecified atom stereocenters. The van der Waals surface area contributed by atoms with Crippen molar-refractivity contribution in [2.75, 3.05) is 0 Å². The van der Waals surface area contributed by atoms with Crippen molar-refractivity contribution in [2.24, 2.45) is 28.1 Å².